The highest BCUT2D eigenvalue weighted by Crippen LogP contribution is 2.30. The van der Waals surface area contributed by atoms with E-state index in [1.165, 1.54) is 17.6 Å². The fourth-order valence-electron chi connectivity index (χ4n) is 2.85. The lowest BCUT2D eigenvalue weighted by Gasteiger charge is -2.21. The summed E-state index contributed by atoms with van der Waals surface area (Å²) in [6.07, 6.45) is 3.14. The number of nitrogens with one attached hydrogen (secondary N) is 1. The number of nitrogens with zero attached hydrogens (tertiary/aromatic N) is 4. The van der Waals surface area contributed by atoms with E-state index < -0.39 is 17.5 Å². The van der Waals surface area contributed by atoms with Crippen LogP contribution in [0.1, 0.15) is 18.2 Å². The van der Waals surface area contributed by atoms with Crippen LogP contribution in [-0.4, -0.2) is 39.7 Å². The molecule has 27 heavy (non-hydrogen) atoms. The van der Waals surface area contributed by atoms with Crippen molar-refractivity contribution in [3.63, 3.8) is 0 Å². The predicted molar refractivity (Wildman–Crippen MR) is 101 cm³/mol. The summed E-state index contributed by atoms with van der Waals surface area (Å²) in [5.41, 5.74) is -0.104. The maximum absolute atomic E-state index is 12.9. The zero-order valence-electron chi connectivity index (χ0n) is 14.3. The van der Waals surface area contributed by atoms with Crippen LogP contribution in [0.4, 0.5) is 4.79 Å². The standard InChI is InChI=1S/C17H14ClN5O3S/c1-17(10-3-5-11(26-2)6-4-10)14(24)23(15(25)21-17)19-9-12-13(18)20-16-22(12)7-8-27-16/h3-9H,1-2H3,(H,21,25)/b19-9-/t17-/m0/s1. The van der Waals surface area contributed by atoms with Gasteiger partial charge in [0.1, 0.15) is 17.0 Å². The summed E-state index contributed by atoms with van der Waals surface area (Å²) in [6.45, 7) is 1.63. The number of methoxy groups -OCH3 is 1. The lowest BCUT2D eigenvalue weighted by molar-refractivity contribution is -0.131. The van der Waals surface area contributed by atoms with Gasteiger partial charge in [0.25, 0.3) is 5.91 Å². The number of carbonyl (C=O) groups excluding carboxylic acids is 2. The van der Waals surface area contributed by atoms with Crippen LogP contribution in [0.15, 0.2) is 40.9 Å². The largest absolute Gasteiger partial charge is 0.497 e. The van der Waals surface area contributed by atoms with E-state index in [0.717, 1.165) is 5.01 Å². The van der Waals surface area contributed by atoms with E-state index in [9.17, 15) is 9.59 Å². The fraction of sp³-hybridized carbons (Fsp3) is 0.176. The van der Waals surface area contributed by atoms with Crippen molar-refractivity contribution in [3.8, 4) is 5.75 Å². The second kappa shape index (κ2) is 6.36. The molecule has 10 heteroatoms. The Bertz CT molecular complexity index is 1070. The Hall–Kier alpha value is -2.91. The maximum atomic E-state index is 12.9. The predicted octanol–water partition coefficient (Wildman–Crippen LogP) is 2.86. The van der Waals surface area contributed by atoms with Gasteiger partial charge in [-0.05, 0) is 24.6 Å². The lowest BCUT2D eigenvalue weighted by Crippen LogP contribution is -2.40. The van der Waals surface area contributed by atoms with Crippen molar-refractivity contribution in [1.82, 2.24) is 19.7 Å². The first-order chi connectivity index (χ1) is 12.9. The molecule has 1 aromatic carbocycles. The van der Waals surface area contributed by atoms with Crippen LogP contribution in [0.5, 0.6) is 5.75 Å². The Kier molecular flexibility index (Phi) is 4.12. The average molecular weight is 404 g/mol. The van der Waals surface area contributed by atoms with Crippen molar-refractivity contribution >= 4 is 46.1 Å². The minimum absolute atomic E-state index is 0.246. The second-order valence-electron chi connectivity index (χ2n) is 5.99. The van der Waals surface area contributed by atoms with E-state index in [-0.39, 0.29) is 5.15 Å². The van der Waals surface area contributed by atoms with Crippen LogP contribution in [0, 0.1) is 0 Å². The Labute approximate surface area is 163 Å². The van der Waals surface area contributed by atoms with Crippen LogP contribution in [-0.2, 0) is 10.3 Å². The van der Waals surface area contributed by atoms with Crippen molar-refractivity contribution in [3.05, 3.63) is 52.3 Å². The first kappa shape index (κ1) is 17.5. The van der Waals surface area contributed by atoms with Crippen LogP contribution in [0.3, 0.4) is 0 Å². The van der Waals surface area contributed by atoms with Crippen LogP contribution < -0.4 is 10.1 Å². The van der Waals surface area contributed by atoms with Crippen molar-refractivity contribution in [2.75, 3.05) is 7.11 Å². The molecule has 0 spiro atoms. The highest BCUT2D eigenvalue weighted by molar-refractivity contribution is 7.15. The van der Waals surface area contributed by atoms with Gasteiger partial charge in [0.2, 0.25) is 0 Å². The number of hydrazone groups is 1. The van der Waals surface area contributed by atoms with E-state index >= 15 is 0 Å². The highest BCUT2D eigenvalue weighted by atomic mass is 35.5. The van der Waals surface area contributed by atoms with Gasteiger partial charge in [-0.2, -0.15) is 5.10 Å². The minimum Gasteiger partial charge on any atom is -0.497 e. The molecular formula is C17H14ClN5O3S. The number of amides is 3. The van der Waals surface area contributed by atoms with Crippen LogP contribution in [0.25, 0.3) is 4.96 Å². The zero-order valence-corrected chi connectivity index (χ0v) is 15.9. The third kappa shape index (κ3) is 2.75. The molecule has 138 valence electrons. The van der Waals surface area contributed by atoms with Gasteiger partial charge in [-0.3, -0.25) is 9.20 Å². The summed E-state index contributed by atoms with van der Waals surface area (Å²) in [5.74, 6) is 0.167. The van der Waals surface area contributed by atoms with E-state index in [4.69, 9.17) is 16.3 Å². The van der Waals surface area contributed by atoms with Crippen molar-refractivity contribution in [2.24, 2.45) is 5.10 Å². The van der Waals surface area contributed by atoms with Gasteiger partial charge < -0.3 is 10.1 Å². The number of hydrogen-bond acceptors (Lipinski definition) is 6. The molecule has 2 aromatic heterocycles. The molecule has 3 heterocycles. The molecule has 1 N–H and O–H groups in total. The number of rotatable bonds is 4. The number of hydrogen-bond donors (Lipinski definition) is 1. The van der Waals surface area contributed by atoms with E-state index in [1.54, 1.807) is 48.9 Å². The van der Waals surface area contributed by atoms with Gasteiger partial charge in [0.05, 0.1) is 13.3 Å². The molecule has 3 amide bonds. The topological polar surface area (TPSA) is 88.3 Å². The second-order valence-corrected chi connectivity index (χ2v) is 7.22. The molecule has 1 aliphatic rings. The number of imidazole rings is 1. The number of aromatic nitrogens is 2. The lowest BCUT2D eigenvalue weighted by atomic mass is 9.92. The quantitative estimate of drug-likeness (QED) is 0.536. The smallest absolute Gasteiger partial charge is 0.346 e. The molecule has 8 nitrogen and oxygen atoms in total. The molecule has 0 aliphatic carbocycles. The number of carbonyl (C=O) groups is 2. The van der Waals surface area contributed by atoms with E-state index in [2.05, 4.69) is 15.4 Å². The summed E-state index contributed by atoms with van der Waals surface area (Å²) in [6, 6.07) is 6.30. The molecule has 1 aliphatic heterocycles. The number of ether oxygens (including phenoxy) is 1. The molecule has 1 fully saturated rings. The van der Waals surface area contributed by atoms with Crippen molar-refractivity contribution < 1.29 is 14.3 Å². The number of imide groups is 1. The number of benzene rings is 1. The highest BCUT2D eigenvalue weighted by Gasteiger charge is 2.49. The van der Waals surface area contributed by atoms with Gasteiger partial charge >= 0.3 is 6.03 Å². The number of urea groups is 1. The van der Waals surface area contributed by atoms with Gasteiger partial charge in [-0.15, -0.1) is 16.3 Å². The monoisotopic (exact) mass is 403 g/mol. The van der Waals surface area contributed by atoms with Gasteiger partial charge in [-0.25, -0.2) is 9.78 Å². The third-order valence-corrected chi connectivity index (χ3v) is 5.42. The fourth-order valence-corrected chi connectivity index (χ4v) is 3.85. The van der Waals surface area contributed by atoms with Crippen molar-refractivity contribution in [1.29, 1.82) is 0 Å². The van der Waals surface area contributed by atoms with Crippen molar-refractivity contribution in [2.45, 2.75) is 12.5 Å². The maximum Gasteiger partial charge on any atom is 0.346 e. The van der Waals surface area contributed by atoms with Gasteiger partial charge in [0, 0.05) is 11.6 Å². The Morgan fingerprint density at radius 2 is 2.07 bits per heavy atom. The third-order valence-electron chi connectivity index (χ3n) is 4.39. The minimum atomic E-state index is -1.22. The Balaban J connectivity index is 1.64. The summed E-state index contributed by atoms with van der Waals surface area (Å²) in [5, 5.41) is 9.64. The first-order valence-electron chi connectivity index (χ1n) is 7.90. The molecule has 0 unspecified atom stereocenters. The molecular weight excluding hydrogens is 390 g/mol. The molecule has 0 radical (unpaired) electrons. The molecule has 3 aromatic rings. The van der Waals surface area contributed by atoms with E-state index in [0.29, 0.717) is 22.0 Å². The molecule has 4 rings (SSSR count). The van der Waals surface area contributed by atoms with Gasteiger partial charge in [-0.1, -0.05) is 23.7 Å². The normalized spacial score (nSPS) is 20.0. The molecule has 0 saturated carbocycles. The molecule has 1 saturated heterocycles. The zero-order chi connectivity index (χ0) is 19.2. The molecule has 1 atom stereocenters. The SMILES string of the molecule is COc1ccc([C@]2(C)NC(=O)N(/N=C\c3c(Cl)nc4sccn34)C2=O)cc1. The van der Waals surface area contributed by atoms with Crippen LogP contribution >= 0.6 is 22.9 Å². The summed E-state index contributed by atoms with van der Waals surface area (Å²) in [7, 11) is 1.56. The summed E-state index contributed by atoms with van der Waals surface area (Å²) in [4.78, 5) is 30.1. The van der Waals surface area contributed by atoms with Crippen LogP contribution in [0.2, 0.25) is 5.15 Å². The average Bonchev–Trinajstić information content (AvgIpc) is 3.28. The number of thiazole rings is 1. The van der Waals surface area contributed by atoms with Gasteiger partial charge in [0.15, 0.2) is 10.1 Å². The first-order valence-corrected chi connectivity index (χ1v) is 9.16. The Morgan fingerprint density at radius 1 is 1.33 bits per heavy atom. The Morgan fingerprint density at radius 3 is 2.78 bits per heavy atom. The summed E-state index contributed by atoms with van der Waals surface area (Å²) < 4.78 is 6.86. The van der Waals surface area contributed by atoms with E-state index in [1.807, 2.05) is 5.38 Å². The number of fused-ring (bicyclic) bond motifs is 1. The molecule has 0 bridgehead atoms. The number of halogens is 1. The summed E-state index contributed by atoms with van der Waals surface area (Å²) >= 11 is 7.53.